The largest absolute Gasteiger partial charge is 0.507 e. The number of ketones is 1. The number of amides is 1. The van der Waals surface area contributed by atoms with Crippen molar-refractivity contribution in [2.24, 2.45) is 0 Å². The highest BCUT2D eigenvalue weighted by Crippen LogP contribution is 2.42. The third kappa shape index (κ3) is 3.32. The summed E-state index contributed by atoms with van der Waals surface area (Å²) >= 11 is 0. The summed E-state index contributed by atoms with van der Waals surface area (Å²) in [4.78, 5) is 45.4. The third-order valence-corrected chi connectivity index (χ3v) is 5.68. The number of aliphatic hydroxyl groups excluding tert-OH is 1. The lowest BCUT2D eigenvalue weighted by Crippen LogP contribution is -2.30. The Balaban J connectivity index is 1.69. The Bertz CT molecular complexity index is 1510. The number of fused-ring (bicyclic) bond motifs is 1. The number of aliphatic hydroxyl groups is 1. The average Bonchev–Trinajstić information content (AvgIpc) is 3.49. The van der Waals surface area contributed by atoms with E-state index in [1.165, 1.54) is 24.3 Å². The zero-order valence-electron chi connectivity index (χ0n) is 18.1. The van der Waals surface area contributed by atoms with Crippen LogP contribution in [0.15, 0.2) is 64.6 Å². The van der Waals surface area contributed by atoms with Crippen LogP contribution in [-0.4, -0.2) is 31.7 Å². The van der Waals surface area contributed by atoms with Gasteiger partial charge in [-0.2, -0.15) is 0 Å². The molecular formula is C24H18N4O6. The zero-order chi connectivity index (χ0) is 24.1. The van der Waals surface area contributed by atoms with Gasteiger partial charge in [0.1, 0.15) is 23.3 Å². The van der Waals surface area contributed by atoms with E-state index in [0.29, 0.717) is 16.8 Å². The first-order valence-corrected chi connectivity index (χ1v) is 10.3. The molecule has 1 amide bonds. The number of hydrogen-bond acceptors (Lipinski definition) is 7. The number of rotatable bonds is 4. The van der Waals surface area contributed by atoms with Crippen LogP contribution in [0.5, 0.6) is 0 Å². The van der Waals surface area contributed by atoms with Crippen LogP contribution >= 0.6 is 0 Å². The van der Waals surface area contributed by atoms with Crippen molar-refractivity contribution in [3.8, 4) is 0 Å². The molecule has 34 heavy (non-hydrogen) atoms. The second kappa shape index (κ2) is 7.69. The number of anilines is 1. The summed E-state index contributed by atoms with van der Waals surface area (Å²) in [6.07, 6.45) is 0. The van der Waals surface area contributed by atoms with Crippen molar-refractivity contribution in [3.05, 3.63) is 92.9 Å². The molecule has 5 rings (SSSR count). The van der Waals surface area contributed by atoms with Gasteiger partial charge in [0, 0.05) is 17.7 Å². The fraction of sp³-hybridized carbons (Fsp3) is 0.125. The van der Waals surface area contributed by atoms with E-state index >= 15 is 0 Å². The number of benzene rings is 2. The van der Waals surface area contributed by atoms with E-state index in [4.69, 9.17) is 4.42 Å². The summed E-state index contributed by atoms with van der Waals surface area (Å²) in [5, 5.41) is 22.0. The Morgan fingerprint density at radius 3 is 2.50 bits per heavy atom. The molecule has 1 unspecified atom stereocenters. The monoisotopic (exact) mass is 458 g/mol. The number of nitrogens with one attached hydrogen (secondary N) is 1. The molecule has 170 valence electrons. The lowest BCUT2D eigenvalue weighted by atomic mass is 9.99. The first-order valence-electron chi connectivity index (χ1n) is 10.3. The Hall–Kier alpha value is -4.73. The van der Waals surface area contributed by atoms with E-state index < -0.39 is 28.4 Å². The number of nitro groups is 1. The topological polar surface area (TPSA) is 143 Å². The summed E-state index contributed by atoms with van der Waals surface area (Å²) in [5.41, 5.74) is 2.05. The van der Waals surface area contributed by atoms with Gasteiger partial charge in [0.15, 0.2) is 0 Å². The molecule has 10 heteroatoms. The number of Topliss-reactive ketones (excluding diaryl/α,β-unsaturated/α-hetero) is 1. The van der Waals surface area contributed by atoms with Gasteiger partial charge in [-0.3, -0.25) is 24.6 Å². The molecule has 1 saturated heterocycles. The van der Waals surface area contributed by atoms with Crippen molar-refractivity contribution in [2.45, 2.75) is 19.9 Å². The van der Waals surface area contributed by atoms with E-state index in [-0.39, 0.29) is 28.5 Å². The highest BCUT2D eigenvalue weighted by molar-refractivity contribution is 6.51. The van der Waals surface area contributed by atoms with E-state index in [1.54, 1.807) is 25.1 Å². The van der Waals surface area contributed by atoms with Crippen LogP contribution in [0.2, 0.25) is 0 Å². The van der Waals surface area contributed by atoms with Gasteiger partial charge >= 0.3 is 5.91 Å². The minimum Gasteiger partial charge on any atom is -0.507 e. The predicted octanol–water partition coefficient (Wildman–Crippen LogP) is 4.31. The standard InChI is InChI=1S/C24H18N4O6/c1-12-3-9-16-17(11-12)26-24(25-16)27-20(18-10-4-13(2)34-18)19(22(30)23(27)31)21(29)14-5-7-15(8-6-14)28(32)33/h3-11,20,29H,1-2H3,(H,25,26)/b21-19+. The van der Waals surface area contributed by atoms with Gasteiger partial charge in [0.25, 0.3) is 11.5 Å². The number of carbonyl (C=O) groups is 2. The van der Waals surface area contributed by atoms with Crippen LogP contribution in [0.25, 0.3) is 16.8 Å². The summed E-state index contributed by atoms with van der Waals surface area (Å²) < 4.78 is 5.75. The maximum absolute atomic E-state index is 13.2. The summed E-state index contributed by atoms with van der Waals surface area (Å²) in [7, 11) is 0. The molecule has 0 radical (unpaired) electrons. The lowest BCUT2D eigenvalue weighted by molar-refractivity contribution is -0.384. The molecule has 0 bridgehead atoms. The number of nitrogens with zero attached hydrogens (tertiary/aromatic N) is 3. The SMILES string of the molecule is Cc1ccc2nc(N3C(=O)C(=O)/C(=C(/O)c4ccc([N+](=O)[O-])cc4)C3c3ccc(C)o3)[nH]c2c1. The Kier molecular flexibility index (Phi) is 4.78. The zero-order valence-corrected chi connectivity index (χ0v) is 18.1. The van der Waals surface area contributed by atoms with Crippen LogP contribution in [0, 0.1) is 24.0 Å². The maximum atomic E-state index is 13.2. The van der Waals surface area contributed by atoms with Gasteiger partial charge in [-0.05, 0) is 55.8 Å². The van der Waals surface area contributed by atoms with Crippen LogP contribution in [0.3, 0.4) is 0 Å². The molecule has 0 spiro atoms. The number of imidazole rings is 1. The maximum Gasteiger partial charge on any atom is 0.302 e. The van der Waals surface area contributed by atoms with Crippen LogP contribution in [0.4, 0.5) is 11.6 Å². The quantitative estimate of drug-likeness (QED) is 0.152. The molecule has 2 aromatic heterocycles. The average molecular weight is 458 g/mol. The minimum atomic E-state index is -1.09. The molecule has 1 aliphatic rings. The summed E-state index contributed by atoms with van der Waals surface area (Å²) in [6, 6.07) is 12.8. The van der Waals surface area contributed by atoms with Gasteiger partial charge in [0.05, 0.1) is 21.5 Å². The molecule has 1 aliphatic heterocycles. The van der Waals surface area contributed by atoms with Crippen molar-refractivity contribution in [1.29, 1.82) is 0 Å². The first kappa shape index (κ1) is 21.1. The highest BCUT2D eigenvalue weighted by Gasteiger charge is 2.49. The third-order valence-electron chi connectivity index (χ3n) is 5.68. The fourth-order valence-corrected chi connectivity index (χ4v) is 4.04. The Labute approximate surface area is 192 Å². The normalized spacial score (nSPS) is 17.6. The fourth-order valence-electron chi connectivity index (χ4n) is 4.04. The number of carbonyl (C=O) groups excluding carboxylic acids is 2. The van der Waals surface area contributed by atoms with Gasteiger partial charge < -0.3 is 14.5 Å². The van der Waals surface area contributed by atoms with Crippen molar-refractivity contribution in [2.75, 3.05) is 4.90 Å². The number of non-ortho nitro benzene ring substituents is 1. The first-order chi connectivity index (χ1) is 16.2. The molecule has 0 aliphatic carbocycles. The summed E-state index contributed by atoms with van der Waals surface area (Å²) in [5.74, 6) is -1.34. The molecule has 1 fully saturated rings. The number of aryl methyl sites for hydroxylation is 2. The molecule has 10 nitrogen and oxygen atoms in total. The van der Waals surface area contributed by atoms with E-state index in [2.05, 4.69) is 9.97 Å². The summed E-state index contributed by atoms with van der Waals surface area (Å²) in [6.45, 7) is 3.64. The second-order valence-corrected chi connectivity index (χ2v) is 8.00. The second-order valence-electron chi connectivity index (χ2n) is 8.00. The van der Waals surface area contributed by atoms with Gasteiger partial charge in [-0.1, -0.05) is 6.07 Å². The van der Waals surface area contributed by atoms with Crippen molar-refractivity contribution < 1.29 is 24.0 Å². The number of nitro benzene ring substituents is 1. The number of aromatic amines is 1. The van der Waals surface area contributed by atoms with Crippen molar-refractivity contribution >= 4 is 40.1 Å². The molecule has 1 atom stereocenters. The molecule has 3 heterocycles. The molecule has 2 aromatic carbocycles. The van der Waals surface area contributed by atoms with Crippen LogP contribution < -0.4 is 4.90 Å². The van der Waals surface area contributed by atoms with Crippen molar-refractivity contribution in [3.63, 3.8) is 0 Å². The molecular weight excluding hydrogens is 440 g/mol. The highest BCUT2D eigenvalue weighted by atomic mass is 16.6. The van der Waals surface area contributed by atoms with Crippen LogP contribution in [-0.2, 0) is 9.59 Å². The molecule has 0 saturated carbocycles. The van der Waals surface area contributed by atoms with Crippen molar-refractivity contribution in [1.82, 2.24) is 9.97 Å². The Morgan fingerprint density at radius 1 is 1.12 bits per heavy atom. The van der Waals surface area contributed by atoms with Gasteiger partial charge in [-0.25, -0.2) is 4.98 Å². The number of aromatic nitrogens is 2. The number of hydrogen-bond donors (Lipinski definition) is 2. The molecule has 2 N–H and O–H groups in total. The van der Waals surface area contributed by atoms with E-state index in [0.717, 1.165) is 10.5 Å². The number of furan rings is 1. The van der Waals surface area contributed by atoms with Crippen LogP contribution in [0.1, 0.15) is 28.7 Å². The Morgan fingerprint density at radius 2 is 1.85 bits per heavy atom. The predicted molar refractivity (Wildman–Crippen MR) is 122 cm³/mol. The minimum absolute atomic E-state index is 0.129. The smallest absolute Gasteiger partial charge is 0.302 e. The van der Waals surface area contributed by atoms with E-state index in [1.807, 2.05) is 19.1 Å². The lowest BCUT2D eigenvalue weighted by Gasteiger charge is -2.20. The van der Waals surface area contributed by atoms with Gasteiger partial charge in [0.2, 0.25) is 5.95 Å². The number of H-pyrrole nitrogens is 1. The van der Waals surface area contributed by atoms with E-state index in [9.17, 15) is 24.8 Å². The molecule has 4 aromatic rings. The van der Waals surface area contributed by atoms with Gasteiger partial charge in [-0.15, -0.1) is 0 Å².